The monoisotopic (exact) mass is 369 g/mol. The first-order valence-corrected chi connectivity index (χ1v) is 9.62. The number of benzene rings is 1. The lowest BCUT2D eigenvalue weighted by Crippen LogP contribution is -2.31. The minimum Gasteiger partial charge on any atom is -0.360 e. The minimum atomic E-state index is -0.151. The fourth-order valence-corrected chi connectivity index (χ4v) is 3.64. The predicted octanol–water partition coefficient (Wildman–Crippen LogP) is 4.31. The lowest BCUT2D eigenvalue weighted by molar-refractivity contribution is -0.115. The average molecular weight is 369 g/mol. The van der Waals surface area contributed by atoms with Crippen LogP contribution in [0.3, 0.4) is 0 Å². The van der Waals surface area contributed by atoms with Crippen molar-refractivity contribution in [1.29, 1.82) is 0 Å². The van der Waals surface area contributed by atoms with Gasteiger partial charge in [0.05, 0.1) is 12.6 Å². The molecule has 1 atom stereocenters. The van der Waals surface area contributed by atoms with Gasteiger partial charge in [0.1, 0.15) is 5.76 Å². The highest BCUT2D eigenvalue weighted by molar-refractivity contribution is 7.10. The third-order valence-electron chi connectivity index (χ3n) is 4.04. The number of anilines is 1. The van der Waals surface area contributed by atoms with E-state index in [2.05, 4.69) is 53.0 Å². The van der Waals surface area contributed by atoms with Gasteiger partial charge in [0.25, 0.3) is 0 Å². The fourth-order valence-electron chi connectivity index (χ4n) is 2.81. The number of rotatable bonds is 8. The summed E-state index contributed by atoms with van der Waals surface area (Å²) in [7, 11) is 0. The first-order valence-electron chi connectivity index (χ1n) is 8.74. The molecule has 0 spiro atoms. The summed E-state index contributed by atoms with van der Waals surface area (Å²) in [6.45, 7) is 4.15. The van der Waals surface area contributed by atoms with Crippen molar-refractivity contribution in [2.24, 2.45) is 0 Å². The molecule has 2 aromatic heterocycles. The number of amides is 1. The van der Waals surface area contributed by atoms with Gasteiger partial charge >= 0.3 is 0 Å². The highest BCUT2D eigenvalue weighted by atomic mass is 32.1. The molecule has 0 aliphatic carbocycles. The van der Waals surface area contributed by atoms with Gasteiger partial charge in [0, 0.05) is 10.9 Å². The van der Waals surface area contributed by atoms with Gasteiger partial charge in [0.15, 0.2) is 5.82 Å². The Morgan fingerprint density at radius 3 is 2.69 bits per heavy atom. The maximum Gasteiger partial charge on any atom is 0.239 e. The molecule has 136 valence electrons. The molecular weight excluding hydrogens is 346 g/mol. The van der Waals surface area contributed by atoms with Crippen molar-refractivity contribution in [3.8, 4) is 0 Å². The number of hydrogen-bond donors (Lipinski definition) is 2. The van der Waals surface area contributed by atoms with Crippen LogP contribution in [0.5, 0.6) is 0 Å². The van der Waals surface area contributed by atoms with E-state index in [1.807, 2.05) is 11.4 Å². The van der Waals surface area contributed by atoms with Crippen LogP contribution in [0.4, 0.5) is 5.82 Å². The Hall–Kier alpha value is -2.44. The molecular formula is C20H23N3O2S. The van der Waals surface area contributed by atoms with Crippen LogP contribution in [0, 0.1) is 6.92 Å². The van der Waals surface area contributed by atoms with E-state index in [1.54, 1.807) is 24.3 Å². The highest BCUT2D eigenvalue weighted by Gasteiger charge is 2.16. The zero-order valence-corrected chi connectivity index (χ0v) is 15.8. The smallest absolute Gasteiger partial charge is 0.239 e. The zero-order valence-electron chi connectivity index (χ0n) is 15.0. The number of nitrogens with one attached hydrogen (secondary N) is 2. The quantitative estimate of drug-likeness (QED) is 0.621. The van der Waals surface area contributed by atoms with Crippen molar-refractivity contribution in [1.82, 2.24) is 10.5 Å². The standard InChI is InChI=1S/C20H23N3O2S/c1-3-5-15-7-9-16(10-8-15)20(17-6-4-11-26-17)21-13-19(24)22-18-12-14(2)25-23-18/h4,6-12,20-21H,3,5,13H2,1-2H3,(H,22,23,24)/t20-/m1/s1. The van der Waals surface area contributed by atoms with E-state index in [-0.39, 0.29) is 18.5 Å². The SMILES string of the molecule is CCCc1ccc([C@@H](NCC(=O)Nc2cc(C)on2)c2cccs2)cc1. The number of thiophene rings is 1. The van der Waals surface area contributed by atoms with E-state index in [0.29, 0.717) is 11.6 Å². The Kier molecular flexibility index (Phi) is 6.20. The van der Waals surface area contributed by atoms with Crippen molar-refractivity contribution in [3.05, 3.63) is 69.6 Å². The molecule has 1 aromatic carbocycles. The Bertz CT molecular complexity index is 825. The summed E-state index contributed by atoms with van der Waals surface area (Å²) < 4.78 is 4.97. The van der Waals surface area contributed by atoms with E-state index in [4.69, 9.17) is 4.52 Å². The fraction of sp³-hybridized carbons (Fsp3) is 0.300. The van der Waals surface area contributed by atoms with Crippen LogP contribution in [0.25, 0.3) is 0 Å². The van der Waals surface area contributed by atoms with Crippen molar-refractivity contribution < 1.29 is 9.32 Å². The number of aryl methyl sites for hydroxylation is 2. The number of carbonyl (C=O) groups excluding carboxylic acids is 1. The average Bonchev–Trinajstić information content (AvgIpc) is 3.29. The molecule has 1 amide bonds. The summed E-state index contributed by atoms with van der Waals surface area (Å²) in [5.41, 5.74) is 2.48. The maximum absolute atomic E-state index is 12.2. The summed E-state index contributed by atoms with van der Waals surface area (Å²) >= 11 is 1.68. The molecule has 0 saturated carbocycles. The lowest BCUT2D eigenvalue weighted by atomic mass is 10.0. The second-order valence-electron chi connectivity index (χ2n) is 6.19. The Labute approximate surface area is 157 Å². The third-order valence-corrected chi connectivity index (χ3v) is 4.98. The van der Waals surface area contributed by atoms with Gasteiger partial charge in [-0.2, -0.15) is 0 Å². The van der Waals surface area contributed by atoms with Crippen LogP contribution in [0.2, 0.25) is 0 Å². The number of carbonyl (C=O) groups is 1. The van der Waals surface area contributed by atoms with Gasteiger partial charge in [-0.25, -0.2) is 0 Å². The topological polar surface area (TPSA) is 67.2 Å². The molecule has 26 heavy (non-hydrogen) atoms. The van der Waals surface area contributed by atoms with Gasteiger partial charge in [-0.1, -0.05) is 48.8 Å². The van der Waals surface area contributed by atoms with E-state index in [1.165, 1.54) is 10.4 Å². The molecule has 0 fully saturated rings. The van der Waals surface area contributed by atoms with Crippen LogP contribution >= 0.6 is 11.3 Å². The molecule has 6 heteroatoms. The molecule has 0 aliphatic rings. The molecule has 0 bridgehead atoms. The number of hydrogen-bond acceptors (Lipinski definition) is 5. The van der Waals surface area contributed by atoms with Crippen LogP contribution in [0.15, 0.2) is 52.4 Å². The minimum absolute atomic E-state index is 0.0181. The van der Waals surface area contributed by atoms with Gasteiger partial charge in [-0.3, -0.25) is 10.1 Å². The first-order chi connectivity index (χ1) is 12.7. The Morgan fingerprint density at radius 2 is 2.08 bits per heavy atom. The third kappa shape index (κ3) is 4.80. The highest BCUT2D eigenvalue weighted by Crippen LogP contribution is 2.26. The van der Waals surface area contributed by atoms with E-state index in [0.717, 1.165) is 18.4 Å². The Balaban J connectivity index is 1.67. The first kappa shape index (κ1) is 18.4. The van der Waals surface area contributed by atoms with Crippen molar-refractivity contribution in [2.45, 2.75) is 32.7 Å². The van der Waals surface area contributed by atoms with Gasteiger partial charge in [-0.15, -0.1) is 11.3 Å². The summed E-state index contributed by atoms with van der Waals surface area (Å²) in [6, 6.07) is 14.4. The summed E-state index contributed by atoms with van der Waals surface area (Å²) in [4.78, 5) is 13.4. The maximum atomic E-state index is 12.2. The van der Waals surface area contributed by atoms with E-state index in [9.17, 15) is 4.79 Å². The molecule has 0 aliphatic heterocycles. The summed E-state index contributed by atoms with van der Waals surface area (Å²) in [5, 5.41) is 11.9. The second kappa shape index (κ2) is 8.78. The molecule has 5 nitrogen and oxygen atoms in total. The lowest BCUT2D eigenvalue weighted by Gasteiger charge is -2.18. The van der Waals surface area contributed by atoms with Crippen LogP contribution in [-0.4, -0.2) is 17.6 Å². The molecule has 0 unspecified atom stereocenters. The molecule has 0 saturated heterocycles. The normalized spacial score (nSPS) is 12.1. The van der Waals surface area contributed by atoms with Crippen molar-refractivity contribution in [3.63, 3.8) is 0 Å². The number of aromatic nitrogens is 1. The summed E-state index contributed by atoms with van der Waals surface area (Å²) in [6.07, 6.45) is 2.21. The van der Waals surface area contributed by atoms with Crippen molar-refractivity contribution in [2.75, 3.05) is 11.9 Å². The zero-order chi connectivity index (χ0) is 18.4. The molecule has 0 radical (unpaired) electrons. The van der Waals surface area contributed by atoms with Gasteiger partial charge < -0.3 is 9.84 Å². The van der Waals surface area contributed by atoms with E-state index >= 15 is 0 Å². The van der Waals surface area contributed by atoms with Crippen LogP contribution in [-0.2, 0) is 11.2 Å². The molecule has 3 aromatic rings. The second-order valence-corrected chi connectivity index (χ2v) is 7.17. The summed E-state index contributed by atoms with van der Waals surface area (Å²) in [5.74, 6) is 0.949. The van der Waals surface area contributed by atoms with Crippen LogP contribution in [0.1, 0.15) is 41.2 Å². The van der Waals surface area contributed by atoms with Crippen molar-refractivity contribution >= 4 is 23.1 Å². The van der Waals surface area contributed by atoms with Crippen LogP contribution < -0.4 is 10.6 Å². The van der Waals surface area contributed by atoms with Gasteiger partial charge in [0.2, 0.25) is 5.91 Å². The van der Waals surface area contributed by atoms with E-state index < -0.39 is 0 Å². The van der Waals surface area contributed by atoms with Gasteiger partial charge in [-0.05, 0) is 35.9 Å². The molecule has 3 rings (SSSR count). The Morgan fingerprint density at radius 1 is 1.27 bits per heavy atom. The molecule has 2 heterocycles. The largest absolute Gasteiger partial charge is 0.360 e. The number of nitrogens with zero attached hydrogens (tertiary/aromatic N) is 1. The predicted molar refractivity (Wildman–Crippen MR) is 104 cm³/mol. The molecule has 2 N–H and O–H groups in total.